The lowest BCUT2D eigenvalue weighted by molar-refractivity contribution is -0.255. The summed E-state index contributed by atoms with van der Waals surface area (Å²) in [5, 5.41) is 11.3. The van der Waals surface area contributed by atoms with Crippen LogP contribution in [0.2, 0.25) is 0 Å². The second kappa shape index (κ2) is 4.50. The van der Waals surface area contributed by atoms with Gasteiger partial charge in [-0.15, -0.1) is 0 Å². The lowest BCUT2D eigenvalue weighted by Gasteiger charge is -2.11. The lowest BCUT2D eigenvalue weighted by Crippen LogP contribution is -2.25. The van der Waals surface area contributed by atoms with Gasteiger partial charge in [0.2, 0.25) is 0 Å². The Morgan fingerprint density at radius 3 is 2.89 bits per heavy atom. The van der Waals surface area contributed by atoms with Crippen molar-refractivity contribution in [2.75, 3.05) is 0 Å². The molecule has 0 saturated heterocycles. The van der Waals surface area contributed by atoms with Crippen LogP contribution in [0, 0.1) is 0 Å². The van der Waals surface area contributed by atoms with Crippen LogP contribution in [0.15, 0.2) is 23.0 Å². The third kappa shape index (κ3) is 2.01. The van der Waals surface area contributed by atoms with E-state index in [0.29, 0.717) is 17.4 Å². The number of carbonyl (C=O) groups excluding carboxylic acids is 1. The molecule has 5 nitrogen and oxygen atoms in total. The van der Waals surface area contributed by atoms with Crippen molar-refractivity contribution in [1.82, 2.24) is 9.55 Å². The Balaban J connectivity index is 2.28. The van der Waals surface area contributed by atoms with Gasteiger partial charge in [0.25, 0.3) is 5.56 Å². The predicted octanol–water partition coefficient (Wildman–Crippen LogP) is 0.486. The maximum atomic E-state index is 12.4. The summed E-state index contributed by atoms with van der Waals surface area (Å²) in [5.41, 5.74) is 0.421. The van der Waals surface area contributed by atoms with Crippen molar-refractivity contribution in [2.24, 2.45) is 0 Å². The molecular formula is C14H13N2O3-. The molecular weight excluding hydrogens is 244 g/mol. The highest BCUT2D eigenvalue weighted by molar-refractivity contribution is 5.91. The van der Waals surface area contributed by atoms with E-state index >= 15 is 0 Å². The van der Waals surface area contributed by atoms with Crippen LogP contribution in [0.5, 0.6) is 0 Å². The maximum Gasteiger partial charge on any atom is 0.261 e. The SMILES string of the molecule is O=C([O-])c1ccc2c(=O)n3c(nc2c1)CCCCC3. The van der Waals surface area contributed by atoms with Crippen LogP contribution < -0.4 is 10.7 Å². The van der Waals surface area contributed by atoms with E-state index in [2.05, 4.69) is 4.98 Å². The Morgan fingerprint density at radius 2 is 2.11 bits per heavy atom. The molecule has 2 heterocycles. The number of carboxylic acids is 1. The van der Waals surface area contributed by atoms with Crippen molar-refractivity contribution in [2.45, 2.75) is 32.2 Å². The molecule has 5 heteroatoms. The van der Waals surface area contributed by atoms with Crippen LogP contribution in [0.1, 0.15) is 35.4 Å². The highest BCUT2D eigenvalue weighted by atomic mass is 16.4. The summed E-state index contributed by atoms with van der Waals surface area (Å²) in [6.07, 6.45) is 3.85. The number of hydrogen-bond donors (Lipinski definition) is 0. The molecule has 0 unspecified atom stereocenters. The fourth-order valence-electron chi connectivity index (χ4n) is 2.55. The third-order valence-electron chi connectivity index (χ3n) is 3.55. The van der Waals surface area contributed by atoms with E-state index in [9.17, 15) is 14.7 Å². The molecule has 0 aliphatic carbocycles. The highest BCUT2D eigenvalue weighted by Gasteiger charge is 2.13. The summed E-state index contributed by atoms with van der Waals surface area (Å²) in [6.45, 7) is 0.694. The third-order valence-corrected chi connectivity index (χ3v) is 3.55. The van der Waals surface area contributed by atoms with Crippen molar-refractivity contribution < 1.29 is 9.90 Å². The first-order valence-corrected chi connectivity index (χ1v) is 6.41. The van der Waals surface area contributed by atoms with Crippen LogP contribution >= 0.6 is 0 Å². The number of carbonyl (C=O) groups is 1. The molecule has 1 aromatic heterocycles. The molecule has 0 radical (unpaired) electrons. The van der Waals surface area contributed by atoms with Gasteiger partial charge in [-0.1, -0.05) is 12.5 Å². The molecule has 0 saturated carbocycles. The zero-order valence-electron chi connectivity index (χ0n) is 10.4. The van der Waals surface area contributed by atoms with Crippen molar-refractivity contribution >= 4 is 16.9 Å². The first-order chi connectivity index (χ1) is 9.16. The first kappa shape index (κ1) is 11.9. The summed E-state index contributed by atoms with van der Waals surface area (Å²) in [4.78, 5) is 27.7. The number of rotatable bonds is 1. The molecule has 0 atom stereocenters. The summed E-state index contributed by atoms with van der Waals surface area (Å²) in [5.74, 6) is -0.496. The smallest absolute Gasteiger partial charge is 0.261 e. The van der Waals surface area contributed by atoms with Gasteiger partial charge in [-0.3, -0.25) is 9.36 Å². The van der Waals surface area contributed by atoms with E-state index in [0.717, 1.165) is 31.5 Å². The largest absolute Gasteiger partial charge is 0.545 e. The molecule has 0 fully saturated rings. The van der Waals surface area contributed by atoms with Crippen molar-refractivity contribution in [3.63, 3.8) is 0 Å². The van der Waals surface area contributed by atoms with Crippen molar-refractivity contribution in [1.29, 1.82) is 0 Å². The van der Waals surface area contributed by atoms with Gasteiger partial charge in [-0.05, 0) is 30.5 Å². The van der Waals surface area contributed by atoms with Gasteiger partial charge in [-0.2, -0.15) is 0 Å². The molecule has 0 bridgehead atoms. The molecule has 0 spiro atoms. The van der Waals surface area contributed by atoms with E-state index in [1.54, 1.807) is 4.57 Å². The summed E-state index contributed by atoms with van der Waals surface area (Å²) in [7, 11) is 0. The Morgan fingerprint density at radius 1 is 1.26 bits per heavy atom. The molecule has 1 aliphatic heterocycles. The molecule has 0 N–H and O–H groups in total. The monoisotopic (exact) mass is 257 g/mol. The number of fused-ring (bicyclic) bond motifs is 2. The minimum absolute atomic E-state index is 0.0537. The van der Waals surface area contributed by atoms with E-state index in [4.69, 9.17) is 0 Å². The Bertz CT molecular complexity index is 718. The summed E-state index contributed by atoms with van der Waals surface area (Å²) < 4.78 is 1.72. The molecule has 3 rings (SSSR count). The molecule has 0 amide bonds. The van der Waals surface area contributed by atoms with E-state index in [1.165, 1.54) is 18.2 Å². The number of carboxylic acid groups (broad SMARTS) is 1. The van der Waals surface area contributed by atoms with Gasteiger partial charge in [-0.25, -0.2) is 4.98 Å². The Kier molecular flexibility index (Phi) is 2.81. The van der Waals surface area contributed by atoms with Gasteiger partial charge in [0.05, 0.1) is 16.9 Å². The van der Waals surface area contributed by atoms with Crippen molar-refractivity contribution in [3.05, 3.63) is 39.9 Å². The Hall–Kier alpha value is -2.17. The zero-order chi connectivity index (χ0) is 13.4. The molecule has 19 heavy (non-hydrogen) atoms. The zero-order valence-corrected chi connectivity index (χ0v) is 10.4. The van der Waals surface area contributed by atoms with Gasteiger partial charge in [0.1, 0.15) is 5.82 Å². The first-order valence-electron chi connectivity index (χ1n) is 6.41. The van der Waals surface area contributed by atoms with Crippen LogP contribution in [0.4, 0.5) is 0 Å². The van der Waals surface area contributed by atoms with Crippen LogP contribution in [0.25, 0.3) is 10.9 Å². The summed E-state index contributed by atoms with van der Waals surface area (Å²) >= 11 is 0. The van der Waals surface area contributed by atoms with E-state index < -0.39 is 5.97 Å². The number of aromatic carboxylic acids is 1. The predicted molar refractivity (Wildman–Crippen MR) is 67.9 cm³/mol. The topological polar surface area (TPSA) is 75.0 Å². The summed E-state index contributed by atoms with van der Waals surface area (Å²) in [6, 6.07) is 4.33. The number of aromatic nitrogens is 2. The number of nitrogens with zero attached hydrogens (tertiary/aromatic N) is 2. The Labute approximate surface area is 109 Å². The minimum atomic E-state index is -1.25. The van der Waals surface area contributed by atoms with Gasteiger partial charge >= 0.3 is 0 Å². The molecule has 1 aromatic carbocycles. The average molecular weight is 257 g/mol. The highest BCUT2D eigenvalue weighted by Crippen LogP contribution is 2.16. The van der Waals surface area contributed by atoms with E-state index in [1.807, 2.05) is 0 Å². The van der Waals surface area contributed by atoms with Gasteiger partial charge < -0.3 is 9.90 Å². The van der Waals surface area contributed by atoms with Crippen LogP contribution in [-0.4, -0.2) is 15.5 Å². The van der Waals surface area contributed by atoms with Crippen LogP contribution in [-0.2, 0) is 13.0 Å². The quantitative estimate of drug-likeness (QED) is 0.745. The van der Waals surface area contributed by atoms with Crippen LogP contribution in [0.3, 0.4) is 0 Å². The standard InChI is InChI=1S/C14H14N2O3/c17-13-10-6-5-9(14(18)19)8-11(10)15-12-4-2-1-3-7-16(12)13/h5-6,8H,1-4,7H2,(H,18,19)/p-1. The average Bonchev–Trinajstić information content (AvgIpc) is 2.63. The van der Waals surface area contributed by atoms with Gasteiger partial charge in [0, 0.05) is 13.0 Å². The number of benzene rings is 1. The molecule has 2 aromatic rings. The maximum absolute atomic E-state index is 12.4. The fourth-order valence-corrected chi connectivity index (χ4v) is 2.55. The normalized spacial score (nSPS) is 14.9. The number of hydrogen-bond acceptors (Lipinski definition) is 4. The number of aryl methyl sites for hydroxylation is 1. The second-order valence-corrected chi connectivity index (χ2v) is 4.81. The second-order valence-electron chi connectivity index (χ2n) is 4.81. The van der Waals surface area contributed by atoms with E-state index in [-0.39, 0.29) is 11.1 Å². The minimum Gasteiger partial charge on any atom is -0.545 e. The lowest BCUT2D eigenvalue weighted by atomic mass is 10.1. The van der Waals surface area contributed by atoms with Crippen molar-refractivity contribution in [3.8, 4) is 0 Å². The van der Waals surface area contributed by atoms with Gasteiger partial charge in [0.15, 0.2) is 0 Å². The molecule has 98 valence electrons. The molecule has 1 aliphatic rings. The fraction of sp³-hybridized carbons (Fsp3) is 0.357.